The van der Waals surface area contributed by atoms with E-state index in [0.717, 1.165) is 5.56 Å². The molecule has 172 valence electrons. The molecule has 2 aromatic carbocycles. The van der Waals surface area contributed by atoms with Gasteiger partial charge in [-0.3, -0.25) is 9.19 Å². The van der Waals surface area contributed by atoms with Gasteiger partial charge in [0.25, 0.3) is 0 Å². The molecule has 1 N–H and O–H groups in total. The Balaban J connectivity index is 1.50. The monoisotopic (exact) mass is 493 g/mol. The highest BCUT2D eigenvalue weighted by molar-refractivity contribution is 7.84. The molecule has 11 heteroatoms. The standard InChI is InChI=1S/C22H18ClF2N3O4S/c1-30-20-11-26-15(9-19(20)31-12-14-5-3-2-4-6-14)13-33(29)21-27-17-8-7-16(10-18(17)28-21)32-22(23,24)25/h2-11H,12-13H2,1H3,(H,27,28). The fourth-order valence-electron chi connectivity index (χ4n) is 3.02. The number of imidazole rings is 1. The van der Waals surface area contributed by atoms with Crippen molar-refractivity contribution in [2.45, 2.75) is 23.1 Å². The van der Waals surface area contributed by atoms with Crippen LogP contribution in [0.4, 0.5) is 8.78 Å². The highest BCUT2D eigenvalue weighted by Gasteiger charge is 2.27. The number of fused-ring (bicyclic) bond motifs is 1. The van der Waals surface area contributed by atoms with Crippen molar-refractivity contribution in [2.24, 2.45) is 0 Å². The largest absolute Gasteiger partial charge is 0.491 e. The molecule has 0 saturated heterocycles. The summed E-state index contributed by atoms with van der Waals surface area (Å²) >= 11 is 4.80. The van der Waals surface area contributed by atoms with E-state index in [1.165, 1.54) is 31.5 Å². The SMILES string of the molecule is COc1cnc(CS(=O)c2nc3ccc(OC(F)(F)Cl)cc3[nH]2)cc1OCc1ccccc1. The first-order valence-electron chi connectivity index (χ1n) is 9.64. The lowest BCUT2D eigenvalue weighted by Gasteiger charge is -2.11. The molecule has 4 rings (SSSR count). The van der Waals surface area contributed by atoms with Crippen molar-refractivity contribution < 1.29 is 27.2 Å². The Morgan fingerprint density at radius 1 is 1.12 bits per heavy atom. The molecule has 2 aromatic heterocycles. The number of pyridine rings is 1. The Morgan fingerprint density at radius 2 is 1.91 bits per heavy atom. The van der Waals surface area contributed by atoms with Gasteiger partial charge in [0, 0.05) is 23.7 Å². The zero-order valence-corrected chi connectivity index (χ0v) is 18.8. The summed E-state index contributed by atoms with van der Waals surface area (Å²) in [5.41, 5.74) is -1.52. The van der Waals surface area contributed by atoms with Crippen LogP contribution in [0.1, 0.15) is 11.3 Å². The molecule has 2 heterocycles. The zero-order valence-electron chi connectivity index (χ0n) is 17.3. The van der Waals surface area contributed by atoms with Gasteiger partial charge in [-0.05, 0) is 17.7 Å². The van der Waals surface area contributed by atoms with Gasteiger partial charge in [0.1, 0.15) is 12.4 Å². The quantitative estimate of drug-likeness (QED) is 0.329. The summed E-state index contributed by atoms with van der Waals surface area (Å²) in [4.78, 5) is 11.4. The number of hydrogen-bond donors (Lipinski definition) is 1. The maximum atomic E-state index is 12.9. The summed E-state index contributed by atoms with van der Waals surface area (Å²) in [7, 11) is -0.0794. The van der Waals surface area contributed by atoms with Gasteiger partial charge in [0.05, 0.1) is 46.6 Å². The summed E-state index contributed by atoms with van der Waals surface area (Å²) in [5, 5.41) is 0.171. The maximum absolute atomic E-state index is 12.9. The van der Waals surface area contributed by atoms with Crippen molar-refractivity contribution in [3.05, 3.63) is 72.1 Å². The van der Waals surface area contributed by atoms with E-state index in [1.54, 1.807) is 6.07 Å². The van der Waals surface area contributed by atoms with Crippen LogP contribution in [-0.2, 0) is 23.2 Å². The molecule has 0 radical (unpaired) electrons. The molecule has 0 amide bonds. The number of aromatic nitrogens is 3. The van der Waals surface area contributed by atoms with Crippen LogP contribution in [0.15, 0.2) is 66.0 Å². The van der Waals surface area contributed by atoms with Crippen molar-refractivity contribution >= 4 is 33.4 Å². The number of ether oxygens (including phenoxy) is 3. The average molecular weight is 494 g/mol. The van der Waals surface area contributed by atoms with Crippen molar-refractivity contribution in [3.8, 4) is 17.2 Å². The molecule has 0 fully saturated rings. The van der Waals surface area contributed by atoms with Crippen LogP contribution in [0.3, 0.4) is 0 Å². The van der Waals surface area contributed by atoms with E-state index in [-0.39, 0.29) is 16.7 Å². The molecule has 1 atom stereocenters. The summed E-state index contributed by atoms with van der Waals surface area (Å²) in [5.74, 6) is 0.819. The highest BCUT2D eigenvalue weighted by atomic mass is 35.5. The van der Waals surface area contributed by atoms with E-state index in [1.807, 2.05) is 30.3 Å². The minimum atomic E-state index is -3.83. The van der Waals surface area contributed by atoms with Crippen molar-refractivity contribution in [3.63, 3.8) is 0 Å². The van der Waals surface area contributed by atoms with Crippen LogP contribution in [0, 0.1) is 0 Å². The highest BCUT2D eigenvalue weighted by Crippen LogP contribution is 2.29. The first-order valence-corrected chi connectivity index (χ1v) is 11.3. The summed E-state index contributed by atoms with van der Waals surface area (Å²) in [6.45, 7) is 0.332. The third-order valence-electron chi connectivity index (χ3n) is 4.51. The Kier molecular flexibility index (Phi) is 6.75. The van der Waals surface area contributed by atoms with E-state index in [4.69, 9.17) is 21.1 Å². The molecular formula is C22H18ClF2N3O4S. The van der Waals surface area contributed by atoms with Crippen molar-refractivity contribution in [1.29, 1.82) is 0 Å². The van der Waals surface area contributed by atoms with Crippen molar-refractivity contribution in [1.82, 2.24) is 15.0 Å². The fraction of sp³-hybridized carbons (Fsp3) is 0.182. The van der Waals surface area contributed by atoms with E-state index < -0.39 is 16.4 Å². The lowest BCUT2D eigenvalue weighted by Crippen LogP contribution is -2.15. The number of aromatic amines is 1. The number of halogens is 3. The van der Waals surface area contributed by atoms with Gasteiger partial charge < -0.3 is 19.2 Å². The minimum absolute atomic E-state index is 0.0502. The van der Waals surface area contributed by atoms with E-state index in [0.29, 0.717) is 34.8 Å². The second-order valence-corrected chi connectivity index (χ2v) is 8.67. The minimum Gasteiger partial charge on any atom is -0.491 e. The van der Waals surface area contributed by atoms with Crippen LogP contribution in [-0.4, -0.2) is 31.8 Å². The zero-order chi connectivity index (χ0) is 23.4. The van der Waals surface area contributed by atoms with Gasteiger partial charge in [0.15, 0.2) is 16.7 Å². The normalized spacial score (nSPS) is 12.5. The Hall–Kier alpha value is -3.24. The van der Waals surface area contributed by atoms with Crippen LogP contribution < -0.4 is 14.2 Å². The molecule has 0 aliphatic rings. The maximum Gasteiger partial charge on any atom is 0.487 e. The molecule has 33 heavy (non-hydrogen) atoms. The van der Waals surface area contributed by atoms with Crippen LogP contribution in [0.2, 0.25) is 0 Å². The number of methoxy groups -OCH3 is 1. The Bertz CT molecular complexity index is 1280. The number of rotatable bonds is 9. The van der Waals surface area contributed by atoms with Crippen LogP contribution in [0.5, 0.6) is 17.2 Å². The number of hydrogen-bond acceptors (Lipinski definition) is 6. The first-order chi connectivity index (χ1) is 15.8. The Morgan fingerprint density at radius 3 is 2.64 bits per heavy atom. The molecule has 4 aromatic rings. The molecule has 0 saturated carbocycles. The molecule has 0 aliphatic carbocycles. The van der Waals surface area contributed by atoms with Gasteiger partial charge in [0.2, 0.25) is 0 Å². The molecule has 0 bridgehead atoms. The number of nitrogens with one attached hydrogen (secondary N) is 1. The average Bonchev–Trinajstić information content (AvgIpc) is 3.21. The second kappa shape index (κ2) is 9.72. The summed E-state index contributed by atoms with van der Waals surface area (Å²) in [6.07, 6.45) is 1.50. The summed E-state index contributed by atoms with van der Waals surface area (Å²) < 4.78 is 54.1. The summed E-state index contributed by atoms with van der Waals surface area (Å²) in [6, 6.07) is 15.4. The van der Waals surface area contributed by atoms with Crippen LogP contribution in [0.25, 0.3) is 11.0 Å². The topological polar surface area (TPSA) is 86.3 Å². The van der Waals surface area contributed by atoms with Crippen molar-refractivity contribution in [2.75, 3.05) is 7.11 Å². The second-order valence-electron chi connectivity index (χ2n) is 6.86. The van der Waals surface area contributed by atoms with Gasteiger partial charge in [-0.15, -0.1) is 8.78 Å². The lowest BCUT2D eigenvalue weighted by molar-refractivity contribution is -0.0964. The van der Waals surface area contributed by atoms with Gasteiger partial charge in [-0.2, -0.15) is 0 Å². The number of alkyl halides is 3. The van der Waals surface area contributed by atoms with Crippen LogP contribution >= 0.6 is 11.6 Å². The van der Waals surface area contributed by atoms with E-state index in [2.05, 4.69) is 19.7 Å². The van der Waals surface area contributed by atoms with Gasteiger partial charge in [-0.1, -0.05) is 30.3 Å². The smallest absolute Gasteiger partial charge is 0.487 e. The predicted octanol–water partition coefficient (Wildman–Crippen LogP) is 5.02. The fourth-order valence-corrected chi connectivity index (χ4v) is 4.09. The number of nitrogens with zero attached hydrogens (tertiary/aromatic N) is 2. The van der Waals surface area contributed by atoms with E-state index >= 15 is 0 Å². The first kappa shape index (κ1) is 22.9. The van der Waals surface area contributed by atoms with Gasteiger partial charge in [-0.25, -0.2) is 4.98 Å². The van der Waals surface area contributed by atoms with Gasteiger partial charge >= 0.3 is 5.57 Å². The van der Waals surface area contributed by atoms with E-state index in [9.17, 15) is 13.0 Å². The molecule has 7 nitrogen and oxygen atoms in total. The lowest BCUT2D eigenvalue weighted by atomic mass is 10.2. The third-order valence-corrected chi connectivity index (χ3v) is 5.76. The third kappa shape index (κ3) is 5.96. The predicted molar refractivity (Wildman–Crippen MR) is 119 cm³/mol. The number of benzene rings is 2. The Labute approximate surface area is 195 Å². The molecule has 0 aliphatic heterocycles. The molecule has 0 spiro atoms. The molecular weight excluding hydrogens is 476 g/mol. The molecule has 1 unspecified atom stereocenters. The number of H-pyrrole nitrogens is 1.